The van der Waals surface area contributed by atoms with Crippen LogP contribution in [0.5, 0.6) is 0 Å². The average molecular weight is 263 g/mol. The van der Waals surface area contributed by atoms with Crippen LogP contribution in [-0.4, -0.2) is 36.0 Å². The largest absolute Gasteiger partial charge is 0.459 e. The minimum Gasteiger partial charge on any atom is -0.459 e. The first kappa shape index (κ1) is 15.2. The van der Waals surface area contributed by atoms with Crippen molar-refractivity contribution >= 4 is 11.9 Å². The van der Waals surface area contributed by atoms with Crippen LogP contribution in [0, 0.1) is 0 Å². The van der Waals surface area contributed by atoms with Gasteiger partial charge in [-0.1, -0.05) is 18.2 Å². The second kappa shape index (κ2) is 6.92. The van der Waals surface area contributed by atoms with Crippen LogP contribution < -0.4 is 0 Å². The summed E-state index contributed by atoms with van der Waals surface area (Å²) in [6, 6.07) is 8.93. The Kier molecular flexibility index (Phi) is 5.55. The monoisotopic (exact) mass is 263 g/mol. The zero-order valence-electron chi connectivity index (χ0n) is 11.9. The maximum atomic E-state index is 11.8. The van der Waals surface area contributed by atoms with E-state index in [1.165, 1.54) is 6.92 Å². The first-order valence-corrected chi connectivity index (χ1v) is 6.41. The third kappa shape index (κ3) is 4.73. The molecule has 2 unspecified atom stereocenters. The van der Waals surface area contributed by atoms with Gasteiger partial charge in [0.25, 0.3) is 0 Å². The molecule has 1 aromatic rings. The number of hydrogen-bond acceptors (Lipinski definition) is 3. The van der Waals surface area contributed by atoms with Gasteiger partial charge in [-0.25, -0.2) is 4.79 Å². The third-order valence-electron chi connectivity index (χ3n) is 3.15. The molecule has 0 bridgehead atoms. The van der Waals surface area contributed by atoms with E-state index < -0.39 is 0 Å². The molecule has 19 heavy (non-hydrogen) atoms. The van der Waals surface area contributed by atoms with Gasteiger partial charge in [0.15, 0.2) is 0 Å². The van der Waals surface area contributed by atoms with Crippen LogP contribution in [0.1, 0.15) is 37.6 Å². The Morgan fingerprint density at radius 1 is 1.21 bits per heavy atom. The molecular weight excluding hydrogens is 242 g/mol. The van der Waals surface area contributed by atoms with E-state index >= 15 is 0 Å². The fraction of sp³-hybridized carbons (Fsp3) is 0.467. The zero-order chi connectivity index (χ0) is 14.4. The minimum absolute atomic E-state index is 0.00841. The summed E-state index contributed by atoms with van der Waals surface area (Å²) in [4.78, 5) is 24.7. The predicted molar refractivity (Wildman–Crippen MR) is 73.8 cm³/mol. The third-order valence-corrected chi connectivity index (χ3v) is 3.15. The Bertz CT molecular complexity index is 430. The first-order valence-electron chi connectivity index (χ1n) is 6.41. The van der Waals surface area contributed by atoms with Crippen molar-refractivity contribution in [1.29, 1.82) is 0 Å². The number of carbonyl (C=O) groups excluding carboxylic acids is 2. The van der Waals surface area contributed by atoms with E-state index in [2.05, 4.69) is 0 Å². The topological polar surface area (TPSA) is 46.6 Å². The number of carbonyl (C=O) groups is 2. The van der Waals surface area contributed by atoms with Crippen LogP contribution >= 0.6 is 0 Å². The van der Waals surface area contributed by atoms with Crippen LogP contribution in [-0.2, 0) is 9.53 Å². The molecule has 0 heterocycles. The van der Waals surface area contributed by atoms with E-state index in [-0.39, 0.29) is 24.0 Å². The summed E-state index contributed by atoms with van der Waals surface area (Å²) in [7, 11) is 1.75. The fourth-order valence-electron chi connectivity index (χ4n) is 1.82. The Labute approximate surface area is 114 Å². The molecule has 1 amide bonds. The summed E-state index contributed by atoms with van der Waals surface area (Å²) in [5.74, 6) is -0.320. The van der Waals surface area contributed by atoms with E-state index in [9.17, 15) is 9.59 Å². The van der Waals surface area contributed by atoms with E-state index in [0.717, 1.165) is 0 Å². The number of hydrogen-bond donors (Lipinski definition) is 0. The molecule has 0 saturated heterocycles. The van der Waals surface area contributed by atoms with Crippen LogP contribution in [0.15, 0.2) is 30.3 Å². The second-order valence-electron chi connectivity index (χ2n) is 4.80. The van der Waals surface area contributed by atoms with Crippen LogP contribution in [0.4, 0.5) is 0 Å². The van der Waals surface area contributed by atoms with Gasteiger partial charge in [0.2, 0.25) is 5.91 Å². The molecule has 0 aliphatic carbocycles. The lowest BCUT2D eigenvalue weighted by Gasteiger charge is -2.26. The molecule has 1 aromatic carbocycles. The minimum atomic E-state index is -0.328. The Balaban J connectivity index is 2.49. The molecule has 104 valence electrons. The molecule has 0 fully saturated rings. The second-order valence-corrected chi connectivity index (χ2v) is 4.80. The van der Waals surface area contributed by atoms with E-state index in [1.54, 1.807) is 36.2 Å². The molecule has 0 N–H and O–H groups in total. The predicted octanol–water partition coefficient (Wildman–Crippen LogP) is 2.49. The van der Waals surface area contributed by atoms with Crippen molar-refractivity contribution in [3.05, 3.63) is 35.9 Å². The summed E-state index contributed by atoms with van der Waals surface area (Å²) >= 11 is 0. The highest BCUT2D eigenvalue weighted by Gasteiger charge is 2.18. The molecule has 2 atom stereocenters. The van der Waals surface area contributed by atoms with Gasteiger partial charge < -0.3 is 9.64 Å². The molecule has 4 heteroatoms. The van der Waals surface area contributed by atoms with E-state index in [4.69, 9.17) is 4.74 Å². The Morgan fingerprint density at radius 3 is 2.32 bits per heavy atom. The van der Waals surface area contributed by atoms with Gasteiger partial charge in [0.1, 0.15) is 6.10 Å². The molecule has 0 aliphatic heterocycles. The summed E-state index contributed by atoms with van der Waals surface area (Å²) in [6.07, 6.45) is 0.388. The van der Waals surface area contributed by atoms with Gasteiger partial charge in [-0.3, -0.25) is 4.79 Å². The maximum absolute atomic E-state index is 11.8. The zero-order valence-corrected chi connectivity index (χ0v) is 11.9. The van der Waals surface area contributed by atoms with Crippen molar-refractivity contribution < 1.29 is 14.3 Å². The smallest absolute Gasteiger partial charge is 0.338 e. The molecule has 4 nitrogen and oxygen atoms in total. The Hall–Kier alpha value is -1.84. The fourth-order valence-corrected chi connectivity index (χ4v) is 1.82. The highest BCUT2D eigenvalue weighted by Crippen LogP contribution is 2.11. The molecule has 1 rings (SSSR count). The number of rotatable bonds is 5. The van der Waals surface area contributed by atoms with Crippen LogP contribution in [0.2, 0.25) is 0 Å². The van der Waals surface area contributed by atoms with Crippen molar-refractivity contribution in [3.8, 4) is 0 Å². The van der Waals surface area contributed by atoms with Crippen LogP contribution in [0.3, 0.4) is 0 Å². The quantitative estimate of drug-likeness (QED) is 0.767. The maximum Gasteiger partial charge on any atom is 0.338 e. The van der Waals surface area contributed by atoms with Crippen molar-refractivity contribution in [3.63, 3.8) is 0 Å². The van der Waals surface area contributed by atoms with Gasteiger partial charge in [-0.15, -0.1) is 0 Å². The van der Waals surface area contributed by atoms with Gasteiger partial charge in [0.05, 0.1) is 5.56 Å². The molecule has 0 radical (unpaired) electrons. The SMILES string of the molecule is CC(=O)N(C)C(C)CC(C)OC(=O)c1ccccc1. The van der Waals surface area contributed by atoms with E-state index in [1.807, 2.05) is 19.9 Å². The number of ether oxygens (including phenoxy) is 1. The molecule has 0 spiro atoms. The van der Waals surface area contributed by atoms with Gasteiger partial charge in [0, 0.05) is 26.4 Å². The number of benzene rings is 1. The number of nitrogens with zero attached hydrogens (tertiary/aromatic N) is 1. The van der Waals surface area contributed by atoms with Crippen molar-refractivity contribution in [2.24, 2.45) is 0 Å². The van der Waals surface area contributed by atoms with Crippen molar-refractivity contribution in [2.75, 3.05) is 7.05 Å². The molecule has 0 aromatic heterocycles. The van der Waals surface area contributed by atoms with Gasteiger partial charge in [-0.2, -0.15) is 0 Å². The normalized spacial score (nSPS) is 13.5. The lowest BCUT2D eigenvalue weighted by molar-refractivity contribution is -0.129. The summed E-state index contributed by atoms with van der Waals surface area (Å²) in [5.41, 5.74) is 0.543. The summed E-state index contributed by atoms with van der Waals surface area (Å²) in [6.45, 7) is 5.30. The van der Waals surface area contributed by atoms with E-state index in [0.29, 0.717) is 12.0 Å². The standard InChI is InChI=1S/C15H21NO3/c1-11(16(4)13(3)17)10-12(2)19-15(18)14-8-6-5-7-9-14/h5-9,11-12H,10H2,1-4H3. The number of amides is 1. The molecule has 0 saturated carbocycles. The summed E-state index contributed by atoms with van der Waals surface area (Å²) < 4.78 is 5.36. The van der Waals surface area contributed by atoms with Gasteiger partial charge in [-0.05, 0) is 26.0 Å². The molecular formula is C15H21NO3. The van der Waals surface area contributed by atoms with Crippen molar-refractivity contribution in [1.82, 2.24) is 4.90 Å². The summed E-state index contributed by atoms with van der Waals surface area (Å²) in [5, 5.41) is 0. The van der Waals surface area contributed by atoms with Crippen LogP contribution in [0.25, 0.3) is 0 Å². The lowest BCUT2D eigenvalue weighted by Crippen LogP contribution is -2.36. The highest BCUT2D eigenvalue weighted by molar-refractivity contribution is 5.89. The van der Waals surface area contributed by atoms with Crippen molar-refractivity contribution in [2.45, 2.75) is 39.3 Å². The number of esters is 1. The molecule has 0 aliphatic rings. The Morgan fingerprint density at radius 2 is 1.79 bits per heavy atom. The van der Waals surface area contributed by atoms with Gasteiger partial charge >= 0.3 is 5.97 Å². The lowest BCUT2D eigenvalue weighted by atomic mass is 10.1. The average Bonchev–Trinajstić information content (AvgIpc) is 2.38. The highest BCUT2D eigenvalue weighted by atomic mass is 16.5. The first-order chi connectivity index (χ1) is 8.91.